The molecule has 97 heavy (non-hydrogen) atoms. The molecule has 26 nitrogen and oxygen atoms in total. The summed E-state index contributed by atoms with van der Waals surface area (Å²) in [6, 6.07) is 50.1. The lowest BCUT2D eigenvalue weighted by Crippen LogP contribution is -2.67. The van der Waals surface area contributed by atoms with Gasteiger partial charge < -0.3 is 76.2 Å². The van der Waals surface area contributed by atoms with E-state index in [-0.39, 0.29) is 44.0 Å². The number of rotatable bonds is 29. The number of aliphatic hydroxyl groups is 1. The number of benzene rings is 6. The van der Waals surface area contributed by atoms with Gasteiger partial charge in [0, 0.05) is 16.9 Å². The second-order valence-electron chi connectivity index (χ2n) is 23.5. The van der Waals surface area contributed by atoms with Crippen LogP contribution in [0.3, 0.4) is 0 Å². The van der Waals surface area contributed by atoms with E-state index in [2.05, 4.69) is 20.1 Å². The van der Waals surface area contributed by atoms with Crippen LogP contribution < -0.4 is 0 Å². The van der Waals surface area contributed by atoms with E-state index >= 15 is 0 Å². The van der Waals surface area contributed by atoms with Gasteiger partial charge in [0.15, 0.2) is 43.2 Å². The summed E-state index contributed by atoms with van der Waals surface area (Å²) >= 11 is 0. The second-order valence-corrected chi connectivity index (χ2v) is 23.5. The van der Waals surface area contributed by atoms with Gasteiger partial charge in [-0.25, -0.2) is 14.4 Å². The minimum Gasteiger partial charge on any atom is -0.467 e. The number of carbonyl (C=O) groups is 4. The molecule has 4 aliphatic heterocycles. The van der Waals surface area contributed by atoms with Gasteiger partial charge in [-0.1, -0.05) is 182 Å². The van der Waals surface area contributed by atoms with Gasteiger partial charge >= 0.3 is 17.9 Å². The highest BCUT2D eigenvalue weighted by Crippen LogP contribution is 2.41. The van der Waals surface area contributed by atoms with Crippen LogP contribution in [0.2, 0.25) is 0 Å². The van der Waals surface area contributed by atoms with Crippen molar-refractivity contribution >= 4 is 23.7 Å². The zero-order valence-corrected chi connectivity index (χ0v) is 54.0. The highest BCUT2D eigenvalue weighted by atomic mass is 16.8. The molecule has 6 aromatic rings. The van der Waals surface area contributed by atoms with Crippen molar-refractivity contribution in [3.05, 3.63) is 236 Å². The molecule has 0 aliphatic carbocycles. The number of hydrogen-bond donors (Lipinski definition) is 1. The molecule has 0 spiro atoms. The lowest BCUT2D eigenvalue weighted by atomic mass is 9.87. The van der Waals surface area contributed by atoms with Crippen LogP contribution in [0.4, 0.5) is 0 Å². The first-order valence-corrected chi connectivity index (χ1v) is 31.9. The predicted molar refractivity (Wildman–Crippen MR) is 343 cm³/mol. The van der Waals surface area contributed by atoms with Crippen molar-refractivity contribution in [1.82, 2.24) is 0 Å². The van der Waals surface area contributed by atoms with Gasteiger partial charge in [0.25, 0.3) is 0 Å². The van der Waals surface area contributed by atoms with E-state index in [0.29, 0.717) is 11.1 Å². The van der Waals surface area contributed by atoms with Crippen molar-refractivity contribution in [3.63, 3.8) is 0 Å². The standard InChI is InChI=1S/C71H78N6O20/c1-6-50-55(93-70-63(88-40-47-31-19-10-20-32-47)59(54(79)60(96-70)67(82)83-4)86-38-45-27-15-8-16-28-45)42(2)52(74-76-72)69(90-50)97-62-56(43(3)78)94-71(64(92-66(81)49-35-23-12-24-36-49)61(62)87-39-46-29-17-9-18-30-46)95-57-51(41-89-65(80)48-33-21-11-22-34-48)91-68(84-5)53(75-77-73)58(57)85-37-44-25-13-7-14-26-44/h7-36,42,50-64,68-71,79H,6,37-41H2,1-5H3/t42?,50?,51?,52-,53-,54-,55-,56?,57+,58?,59+,60?,61-,62+,63?,64?,68-,69+,70-,71+/m1/s1. The fourth-order valence-corrected chi connectivity index (χ4v) is 12.2. The molecule has 26 heteroatoms. The molecule has 10 rings (SSSR count). The van der Waals surface area contributed by atoms with E-state index in [1.165, 1.54) is 26.2 Å². The summed E-state index contributed by atoms with van der Waals surface area (Å²) in [5, 5.41) is 20.3. The Hall–Kier alpha value is -8.50. The van der Waals surface area contributed by atoms with Crippen LogP contribution in [-0.2, 0) is 107 Å². The van der Waals surface area contributed by atoms with Crippen LogP contribution >= 0.6 is 0 Å². The third-order valence-electron chi connectivity index (χ3n) is 17.1. The van der Waals surface area contributed by atoms with Gasteiger partial charge in [0.2, 0.25) is 0 Å². The summed E-state index contributed by atoms with van der Waals surface area (Å²) in [6.45, 7) is 3.98. The molecule has 4 saturated heterocycles. The van der Waals surface area contributed by atoms with Crippen molar-refractivity contribution < 1.29 is 95.3 Å². The van der Waals surface area contributed by atoms with Crippen molar-refractivity contribution in [3.8, 4) is 0 Å². The highest BCUT2D eigenvalue weighted by molar-refractivity contribution is 5.90. The summed E-state index contributed by atoms with van der Waals surface area (Å²) in [7, 11) is 2.49. The van der Waals surface area contributed by atoms with E-state index in [1.54, 1.807) is 79.7 Å². The first-order chi connectivity index (χ1) is 47.3. The second kappa shape index (κ2) is 35.1. The first kappa shape index (κ1) is 71.3. The maximum absolute atomic E-state index is 14.8. The minimum absolute atomic E-state index is 0.00504. The fraction of sp³-hybridized carbons (Fsp3) is 0.437. The van der Waals surface area contributed by atoms with Gasteiger partial charge in [-0.15, -0.1) is 0 Å². The van der Waals surface area contributed by atoms with Crippen molar-refractivity contribution in [2.45, 2.75) is 170 Å². The molecule has 20 atom stereocenters. The zero-order chi connectivity index (χ0) is 68.2. The third-order valence-corrected chi connectivity index (χ3v) is 17.1. The van der Waals surface area contributed by atoms with Crippen LogP contribution in [-0.4, -0.2) is 166 Å². The van der Waals surface area contributed by atoms with Gasteiger partial charge in [-0.05, 0) is 76.8 Å². The average Bonchev–Trinajstić information content (AvgIpc) is 0.767. The Labute approximate surface area is 560 Å². The first-order valence-electron chi connectivity index (χ1n) is 31.9. The van der Waals surface area contributed by atoms with E-state index in [4.69, 9.17) is 71.1 Å². The van der Waals surface area contributed by atoms with Crippen LogP contribution in [0.5, 0.6) is 0 Å². The summed E-state index contributed by atoms with van der Waals surface area (Å²) in [6.07, 6.45) is -24.5. The van der Waals surface area contributed by atoms with Crippen molar-refractivity contribution in [2.75, 3.05) is 20.8 Å². The van der Waals surface area contributed by atoms with Crippen LogP contribution in [0, 0.1) is 5.92 Å². The lowest BCUT2D eigenvalue weighted by molar-refractivity contribution is -0.370. The topological polar surface area (TPSA) is 324 Å². The molecule has 4 heterocycles. The Morgan fingerprint density at radius 2 is 0.907 bits per heavy atom. The zero-order valence-electron chi connectivity index (χ0n) is 54.0. The molecule has 0 bridgehead atoms. The number of esters is 3. The molecule has 1 N–H and O–H groups in total. The predicted octanol–water partition coefficient (Wildman–Crippen LogP) is 9.64. The number of ketones is 1. The van der Waals surface area contributed by atoms with Gasteiger partial charge in [0.1, 0.15) is 67.6 Å². The third kappa shape index (κ3) is 18.0. The smallest absolute Gasteiger partial charge is 0.338 e. The molecular formula is C71H78N6O20. The van der Waals surface area contributed by atoms with Crippen molar-refractivity contribution in [1.29, 1.82) is 0 Å². The molecule has 4 aliphatic rings. The number of carbonyl (C=O) groups excluding carboxylic acids is 4. The number of Topliss-reactive ketones (excluding diaryl/α,β-unsaturated/α-hetero) is 1. The Kier molecular flexibility index (Phi) is 25.8. The largest absolute Gasteiger partial charge is 0.467 e. The number of methoxy groups -OCH3 is 2. The van der Waals surface area contributed by atoms with E-state index in [9.17, 15) is 35.3 Å². The van der Waals surface area contributed by atoms with Crippen LogP contribution in [0.25, 0.3) is 20.9 Å². The summed E-state index contributed by atoms with van der Waals surface area (Å²) in [5.41, 5.74) is 23.8. The van der Waals surface area contributed by atoms with E-state index in [0.717, 1.165) is 18.2 Å². The normalized spacial score (nSPS) is 30.1. The van der Waals surface area contributed by atoms with Gasteiger partial charge in [0.05, 0.1) is 62.9 Å². The molecule has 6 aromatic carbocycles. The molecule has 512 valence electrons. The average molecular weight is 1340 g/mol. The number of nitrogens with zero attached hydrogens (tertiary/aromatic N) is 6. The van der Waals surface area contributed by atoms with Gasteiger partial charge in [-0.2, -0.15) is 0 Å². The molecule has 8 unspecified atom stereocenters. The number of hydrogen-bond acceptors (Lipinski definition) is 22. The maximum atomic E-state index is 14.8. The van der Waals surface area contributed by atoms with Crippen LogP contribution in [0.1, 0.15) is 70.2 Å². The van der Waals surface area contributed by atoms with Crippen LogP contribution in [0.15, 0.2) is 192 Å². The molecule has 0 aromatic heterocycles. The van der Waals surface area contributed by atoms with E-state index in [1.807, 2.05) is 104 Å². The number of azide groups is 2. The molecule has 0 amide bonds. The fourth-order valence-electron chi connectivity index (χ4n) is 12.2. The number of aliphatic hydroxyl groups excluding tert-OH is 1. The van der Waals surface area contributed by atoms with Crippen molar-refractivity contribution in [2.24, 2.45) is 16.1 Å². The molecule has 4 fully saturated rings. The molecule has 0 radical (unpaired) electrons. The Balaban J connectivity index is 1.02. The molecular weight excluding hydrogens is 1260 g/mol. The highest BCUT2D eigenvalue weighted by Gasteiger charge is 2.59. The molecule has 0 saturated carbocycles. The summed E-state index contributed by atoms with van der Waals surface area (Å²) in [4.78, 5) is 63.1. The quantitative estimate of drug-likeness (QED) is 0.0150. The number of ether oxygens (including phenoxy) is 15. The Bertz CT molecular complexity index is 3570. The minimum atomic E-state index is -1.84. The van der Waals surface area contributed by atoms with Gasteiger partial charge in [-0.3, -0.25) is 4.79 Å². The van der Waals surface area contributed by atoms with E-state index < -0.39 is 153 Å². The monoisotopic (exact) mass is 1330 g/mol. The lowest BCUT2D eigenvalue weighted by Gasteiger charge is -2.51. The Morgan fingerprint density at radius 3 is 1.40 bits per heavy atom. The SMILES string of the molecule is CCC1O[C@@H](O[C@H]2C(C(C)=O)O[C@@H](O[C@H]3C(COC(=O)c4ccccc4)O[C@@H](OC)[C@H](N=[N+]=[N-])C3OCc3ccccc3)C(OC(=O)c3ccccc3)[C@@H]2OCc2ccccc2)[C@H](N=[N+]=[N-])C(C)[C@H]1O[C@@H]1OC(C(=O)OC)[C@H](O)[C@H](OCc2ccccc2)C1OCc1ccccc1. The maximum Gasteiger partial charge on any atom is 0.338 e. The summed E-state index contributed by atoms with van der Waals surface area (Å²) in [5.74, 6) is -4.05. The Morgan fingerprint density at radius 1 is 0.474 bits per heavy atom. The summed E-state index contributed by atoms with van der Waals surface area (Å²) < 4.78 is 97.6.